The van der Waals surface area contributed by atoms with Crippen LogP contribution in [0, 0.1) is 0 Å². The highest BCUT2D eigenvalue weighted by atomic mass is 16.5. The van der Waals surface area contributed by atoms with Gasteiger partial charge in [0.15, 0.2) is 0 Å². The van der Waals surface area contributed by atoms with Crippen LogP contribution in [-0.2, 0) is 16.6 Å². The van der Waals surface area contributed by atoms with E-state index in [2.05, 4.69) is 5.32 Å². The number of hydrogen-bond donors (Lipinski definition) is 1. The number of aromatic nitrogens is 1. The second kappa shape index (κ2) is 8.23. The van der Waals surface area contributed by atoms with E-state index >= 15 is 0 Å². The van der Waals surface area contributed by atoms with Crippen molar-refractivity contribution in [1.29, 1.82) is 0 Å². The molecule has 0 aliphatic heterocycles. The number of carbonyl (C=O) groups is 2. The summed E-state index contributed by atoms with van der Waals surface area (Å²) in [5.74, 6) is -0.404. The summed E-state index contributed by atoms with van der Waals surface area (Å²) < 4.78 is 12.4. The molecule has 1 N–H and O–H groups in total. The van der Waals surface area contributed by atoms with Crippen LogP contribution < -0.4 is 10.1 Å². The molecule has 0 unspecified atom stereocenters. The van der Waals surface area contributed by atoms with Crippen LogP contribution in [0.2, 0.25) is 0 Å². The van der Waals surface area contributed by atoms with Crippen LogP contribution in [0.5, 0.6) is 5.75 Å². The van der Waals surface area contributed by atoms with Crippen LogP contribution in [0.1, 0.15) is 22.2 Å². The quantitative estimate of drug-likeness (QED) is 0.679. The first kappa shape index (κ1) is 18.3. The summed E-state index contributed by atoms with van der Waals surface area (Å²) in [5.41, 5.74) is 1.50. The van der Waals surface area contributed by atoms with Gasteiger partial charge in [-0.1, -0.05) is 36.4 Å². The predicted molar refractivity (Wildman–Crippen MR) is 102 cm³/mol. The number of nitrogens with zero attached hydrogens (tertiary/aromatic N) is 1. The molecule has 6 nitrogen and oxygen atoms in total. The molecule has 6 heteroatoms. The Morgan fingerprint density at radius 1 is 1.00 bits per heavy atom. The topological polar surface area (TPSA) is 69.6 Å². The molecule has 1 aromatic heterocycles. The average molecular weight is 364 g/mol. The van der Waals surface area contributed by atoms with Gasteiger partial charge >= 0.3 is 5.97 Å². The van der Waals surface area contributed by atoms with Gasteiger partial charge in [-0.2, -0.15) is 0 Å². The number of benzene rings is 2. The highest BCUT2D eigenvalue weighted by Crippen LogP contribution is 2.23. The van der Waals surface area contributed by atoms with Crippen LogP contribution in [0.3, 0.4) is 0 Å². The molecule has 2 aromatic carbocycles. The van der Waals surface area contributed by atoms with Gasteiger partial charge in [-0.25, -0.2) is 4.79 Å². The Balaban J connectivity index is 1.84. The van der Waals surface area contributed by atoms with E-state index < -0.39 is 18.0 Å². The van der Waals surface area contributed by atoms with Gasteiger partial charge in [0, 0.05) is 30.6 Å². The fourth-order valence-electron chi connectivity index (χ4n) is 2.65. The molecule has 0 spiro atoms. The molecule has 3 aromatic rings. The van der Waals surface area contributed by atoms with Gasteiger partial charge in [0.2, 0.25) is 6.10 Å². The molecule has 0 radical (unpaired) electrons. The third-order valence-electron chi connectivity index (χ3n) is 4.06. The molecule has 1 amide bonds. The first-order chi connectivity index (χ1) is 13.1. The summed E-state index contributed by atoms with van der Waals surface area (Å²) in [6.07, 6.45) is 0.657. The minimum absolute atomic E-state index is 0.366. The largest absolute Gasteiger partial charge is 0.497 e. The molecule has 27 heavy (non-hydrogen) atoms. The molecule has 0 saturated heterocycles. The Bertz CT molecular complexity index is 934. The summed E-state index contributed by atoms with van der Waals surface area (Å²) in [7, 11) is 3.29. The van der Waals surface area contributed by atoms with Crippen molar-refractivity contribution >= 4 is 17.6 Å². The molecule has 138 valence electrons. The van der Waals surface area contributed by atoms with Gasteiger partial charge in [-0.3, -0.25) is 4.79 Å². The molecule has 0 aliphatic rings. The summed E-state index contributed by atoms with van der Waals surface area (Å²) in [4.78, 5) is 25.4. The Labute approximate surface area is 157 Å². The number of carbonyl (C=O) groups excluding carboxylic acids is 2. The molecule has 1 atom stereocenters. The summed E-state index contributed by atoms with van der Waals surface area (Å²) in [6.45, 7) is 0. The van der Waals surface area contributed by atoms with Crippen LogP contribution >= 0.6 is 0 Å². The number of nitrogens with one attached hydrogen (secondary N) is 1. The van der Waals surface area contributed by atoms with Gasteiger partial charge in [0.25, 0.3) is 5.91 Å². The SMILES string of the molecule is COc1cccc(NC(=O)[C@H](OC(=O)c2cccn2C)c2ccccc2)c1. The van der Waals surface area contributed by atoms with E-state index in [4.69, 9.17) is 9.47 Å². The van der Waals surface area contributed by atoms with Crippen molar-refractivity contribution in [2.45, 2.75) is 6.10 Å². The molecule has 0 fully saturated rings. The van der Waals surface area contributed by atoms with Crippen molar-refractivity contribution in [2.75, 3.05) is 12.4 Å². The fraction of sp³-hybridized carbons (Fsp3) is 0.143. The number of ether oxygens (including phenoxy) is 2. The lowest BCUT2D eigenvalue weighted by Gasteiger charge is -2.18. The average Bonchev–Trinajstić information content (AvgIpc) is 3.12. The summed E-state index contributed by atoms with van der Waals surface area (Å²) in [5, 5.41) is 2.78. The standard InChI is InChI=1S/C21H20N2O4/c1-23-13-7-12-18(23)21(25)27-19(15-8-4-3-5-9-15)20(24)22-16-10-6-11-17(14-16)26-2/h3-14,19H,1-2H3,(H,22,24)/t19-/m1/s1. The second-order valence-corrected chi connectivity index (χ2v) is 5.92. The van der Waals surface area contributed by atoms with Gasteiger partial charge in [-0.05, 0) is 24.3 Å². The van der Waals surface area contributed by atoms with E-state index in [0.717, 1.165) is 0 Å². The zero-order chi connectivity index (χ0) is 19.2. The number of aryl methyl sites for hydroxylation is 1. The normalized spacial score (nSPS) is 11.5. The van der Waals surface area contributed by atoms with Gasteiger partial charge in [-0.15, -0.1) is 0 Å². The van der Waals surface area contributed by atoms with Crippen molar-refractivity contribution in [3.63, 3.8) is 0 Å². The van der Waals surface area contributed by atoms with Crippen molar-refractivity contribution in [2.24, 2.45) is 7.05 Å². The first-order valence-electron chi connectivity index (χ1n) is 8.40. The molecule has 1 heterocycles. The number of esters is 1. The number of methoxy groups -OCH3 is 1. The molecule has 0 aliphatic carbocycles. The molecule has 3 rings (SSSR count). The van der Waals surface area contributed by atoms with Crippen molar-refractivity contribution in [3.05, 3.63) is 84.2 Å². The van der Waals surface area contributed by atoms with Crippen molar-refractivity contribution in [3.8, 4) is 5.75 Å². The maximum atomic E-state index is 12.9. The number of hydrogen-bond acceptors (Lipinski definition) is 4. The van der Waals surface area contributed by atoms with E-state index in [9.17, 15) is 9.59 Å². The first-order valence-corrected chi connectivity index (χ1v) is 8.40. The Hall–Kier alpha value is -3.54. The molecule has 0 bridgehead atoms. The van der Waals surface area contributed by atoms with Gasteiger partial charge < -0.3 is 19.4 Å². The van der Waals surface area contributed by atoms with E-state index in [1.807, 2.05) is 6.07 Å². The van der Waals surface area contributed by atoms with Crippen molar-refractivity contribution in [1.82, 2.24) is 4.57 Å². The third-order valence-corrected chi connectivity index (χ3v) is 4.06. The highest BCUT2D eigenvalue weighted by molar-refractivity contribution is 5.97. The lowest BCUT2D eigenvalue weighted by Crippen LogP contribution is -2.26. The number of rotatable bonds is 6. The fourth-order valence-corrected chi connectivity index (χ4v) is 2.65. The van der Waals surface area contributed by atoms with Crippen molar-refractivity contribution < 1.29 is 19.1 Å². The van der Waals surface area contributed by atoms with Crippen LogP contribution in [-0.4, -0.2) is 23.6 Å². The van der Waals surface area contributed by atoms with E-state index in [-0.39, 0.29) is 0 Å². The van der Waals surface area contributed by atoms with E-state index in [1.165, 1.54) is 0 Å². The minimum Gasteiger partial charge on any atom is -0.497 e. The summed E-state index contributed by atoms with van der Waals surface area (Å²) >= 11 is 0. The molecular weight excluding hydrogens is 344 g/mol. The van der Waals surface area contributed by atoms with E-state index in [1.54, 1.807) is 85.6 Å². The third kappa shape index (κ3) is 4.36. The zero-order valence-electron chi connectivity index (χ0n) is 15.1. The Morgan fingerprint density at radius 2 is 1.78 bits per heavy atom. The maximum Gasteiger partial charge on any atom is 0.356 e. The monoisotopic (exact) mass is 364 g/mol. The molecule has 0 saturated carbocycles. The second-order valence-electron chi connectivity index (χ2n) is 5.92. The zero-order valence-corrected chi connectivity index (χ0v) is 15.1. The van der Waals surface area contributed by atoms with Gasteiger partial charge in [0.05, 0.1) is 7.11 Å². The Morgan fingerprint density at radius 3 is 2.44 bits per heavy atom. The minimum atomic E-state index is -1.08. The smallest absolute Gasteiger partial charge is 0.356 e. The lowest BCUT2D eigenvalue weighted by molar-refractivity contribution is -0.125. The van der Waals surface area contributed by atoms with Crippen LogP contribution in [0.15, 0.2) is 72.9 Å². The van der Waals surface area contributed by atoms with Crippen LogP contribution in [0.4, 0.5) is 5.69 Å². The predicted octanol–water partition coefficient (Wildman–Crippen LogP) is 3.57. The number of amides is 1. The number of anilines is 1. The summed E-state index contributed by atoms with van der Waals surface area (Å²) in [6, 6.07) is 19.3. The van der Waals surface area contributed by atoms with Crippen LogP contribution in [0.25, 0.3) is 0 Å². The molecular formula is C21H20N2O4. The maximum absolute atomic E-state index is 12.9. The van der Waals surface area contributed by atoms with Gasteiger partial charge in [0.1, 0.15) is 11.4 Å². The highest BCUT2D eigenvalue weighted by Gasteiger charge is 2.26. The van der Waals surface area contributed by atoms with E-state index in [0.29, 0.717) is 22.7 Å². The lowest BCUT2D eigenvalue weighted by atomic mass is 10.1. The Kier molecular flexibility index (Phi) is 5.56.